The Morgan fingerprint density at radius 1 is 0.529 bits per heavy atom. The molecule has 0 aliphatic heterocycles. The molecule has 0 saturated heterocycles. The fourth-order valence-corrected chi connectivity index (χ4v) is 5.34. The van der Waals surface area contributed by atoms with Crippen LogP contribution in [0, 0.1) is 17.3 Å². The lowest BCUT2D eigenvalue weighted by molar-refractivity contribution is 0.283. The predicted octanol–water partition coefficient (Wildman–Crippen LogP) is 9.84. The minimum atomic E-state index is -0.232. The molecule has 0 heteroatoms. The van der Waals surface area contributed by atoms with E-state index in [-0.39, 0.29) is 27.1 Å². The largest absolute Gasteiger partial charge is 0.0792 e. The average molecular weight is 456 g/mol. The van der Waals surface area contributed by atoms with E-state index in [2.05, 4.69) is 150 Å². The maximum atomic E-state index is 2.46. The molecule has 1 atom stereocenters. The molecule has 0 amide bonds. The van der Waals surface area contributed by atoms with Gasteiger partial charge in [0.2, 0.25) is 0 Å². The third-order valence-corrected chi connectivity index (χ3v) is 7.51. The minimum Gasteiger partial charge on any atom is -0.0792 e. The maximum absolute atomic E-state index is 2.46. The monoisotopic (exact) mass is 455 g/mol. The zero-order valence-corrected chi connectivity index (χ0v) is 23.9. The standard InChI is InChI=1S/C34H47/c1-30(2,3)25-17-15-24(16-18-25)29-28(32(7,8)9)14-13-23-34(29,33(10,11)12)27-21-19-26(20-22-27)31(4,5)6/h13-23H,1-12H3. The zero-order valence-electron chi connectivity index (χ0n) is 23.9. The first kappa shape index (κ1) is 26.5. The van der Waals surface area contributed by atoms with Crippen molar-refractivity contribution in [3.8, 4) is 0 Å². The lowest BCUT2D eigenvalue weighted by Crippen LogP contribution is -2.44. The summed E-state index contributed by atoms with van der Waals surface area (Å²) >= 11 is 0. The Hall–Kier alpha value is -2.08. The molecule has 0 saturated carbocycles. The van der Waals surface area contributed by atoms with Crippen molar-refractivity contribution < 1.29 is 0 Å². The summed E-state index contributed by atoms with van der Waals surface area (Å²) in [5.74, 6) is 0. The predicted molar refractivity (Wildman–Crippen MR) is 151 cm³/mol. The Morgan fingerprint density at radius 2 is 0.971 bits per heavy atom. The lowest BCUT2D eigenvalue weighted by atomic mass is 9.52. The number of rotatable bonds is 2. The molecule has 0 aromatic heterocycles. The van der Waals surface area contributed by atoms with E-state index >= 15 is 0 Å². The third-order valence-electron chi connectivity index (χ3n) is 7.51. The number of hydrogen-bond acceptors (Lipinski definition) is 0. The highest BCUT2D eigenvalue weighted by atomic mass is 14.5. The fourth-order valence-electron chi connectivity index (χ4n) is 5.34. The van der Waals surface area contributed by atoms with Crippen LogP contribution in [0.5, 0.6) is 0 Å². The van der Waals surface area contributed by atoms with E-state index in [9.17, 15) is 0 Å². The molecule has 0 spiro atoms. The highest BCUT2D eigenvalue weighted by Gasteiger charge is 2.49. The first-order chi connectivity index (χ1) is 15.4. The van der Waals surface area contributed by atoms with E-state index in [0.29, 0.717) is 0 Å². The van der Waals surface area contributed by atoms with Crippen LogP contribution < -0.4 is 0 Å². The maximum Gasteiger partial charge on any atom is 0.0328 e. The molecule has 0 N–H and O–H groups in total. The molecule has 3 rings (SSSR count). The molecule has 1 aliphatic rings. The van der Waals surface area contributed by atoms with Crippen LogP contribution >= 0.6 is 0 Å². The molecular weight excluding hydrogens is 408 g/mol. The van der Waals surface area contributed by atoms with Gasteiger partial charge in [0.05, 0.1) is 0 Å². The third kappa shape index (κ3) is 4.84. The summed E-state index contributed by atoms with van der Waals surface area (Å²) in [4.78, 5) is 0. The molecule has 183 valence electrons. The molecule has 0 heterocycles. The molecular formula is C34H47. The van der Waals surface area contributed by atoms with E-state index in [1.165, 1.54) is 33.4 Å². The quantitative estimate of drug-likeness (QED) is 0.422. The molecule has 1 aliphatic carbocycles. The SMILES string of the molecule is CC(C)(C)C1=C(c2ccc(C(C)(C)C)cc2)C(c2ccc(C(C)(C)C)cc2)(C(C)(C)C)[CH]C=C1. The van der Waals surface area contributed by atoms with Crippen LogP contribution in [0.2, 0.25) is 0 Å². The second-order valence-electron chi connectivity index (χ2n) is 14.3. The first-order valence-electron chi connectivity index (χ1n) is 12.9. The summed E-state index contributed by atoms with van der Waals surface area (Å²) in [7, 11) is 0. The van der Waals surface area contributed by atoms with E-state index < -0.39 is 0 Å². The van der Waals surface area contributed by atoms with E-state index in [1.807, 2.05) is 0 Å². The lowest BCUT2D eigenvalue weighted by Gasteiger charge is -2.50. The Morgan fingerprint density at radius 3 is 1.35 bits per heavy atom. The van der Waals surface area contributed by atoms with Crippen molar-refractivity contribution in [1.29, 1.82) is 0 Å². The molecule has 0 fully saturated rings. The fraction of sp³-hybridized carbons (Fsp3) is 0.500. The summed E-state index contributed by atoms with van der Waals surface area (Å²) in [6.07, 6.45) is 7.11. The van der Waals surface area contributed by atoms with Gasteiger partial charge in [-0.2, -0.15) is 0 Å². The van der Waals surface area contributed by atoms with Gasteiger partial charge in [0.25, 0.3) is 0 Å². The van der Waals surface area contributed by atoms with Gasteiger partial charge in [-0.15, -0.1) is 0 Å². The van der Waals surface area contributed by atoms with E-state index in [4.69, 9.17) is 0 Å². The van der Waals surface area contributed by atoms with Crippen molar-refractivity contribution in [1.82, 2.24) is 0 Å². The first-order valence-corrected chi connectivity index (χ1v) is 12.9. The normalized spacial score (nSPS) is 20.1. The average Bonchev–Trinajstić information content (AvgIpc) is 2.70. The Labute approximate surface area is 210 Å². The number of hydrogen-bond donors (Lipinski definition) is 0. The summed E-state index contributed by atoms with van der Waals surface area (Å²) < 4.78 is 0. The highest BCUT2D eigenvalue weighted by molar-refractivity contribution is 5.85. The second-order valence-corrected chi connectivity index (χ2v) is 14.3. The number of benzene rings is 2. The van der Waals surface area contributed by atoms with Crippen molar-refractivity contribution in [3.05, 3.63) is 94.9 Å². The van der Waals surface area contributed by atoms with Crippen molar-refractivity contribution in [2.75, 3.05) is 0 Å². The Kier molecular flexibility index (Phi) is 6.66. The van der Waals surface area contributed by atoms with Gasteiger partial charge in [-0.1, -0.05) is 144 Å². The van der Waals surface area contributed by atoms with Gasteiger partial charge in [-0.05, 0) is 61.5 Å². The molecule has 2 aromatic rings. The highest BCUT2D eigenvalue weighted by Crippen LogP contribution is 2.58. The van der Waals surface area contributed by atoms with Crippen LogP contribution in [-0.2, 0) is 16.2 Å². The van der Waals surface area contributed by atoms with Crippen LogP contribution in [-0.4, -0.2) is 0 Å². The molecule has 2 aromatic carbocycles. The van der Waals surface area contributed by atoms with Crippen LogP contribution in [0.3, 0.4) is 0 Å². The summed E-state index contributed by atoms with van der Waals surface area (Å²) in [5.41, 5.74) is 8.38. The topological polar surface area (TPSA) is 0 Å². The van der Waals surface area contributed by atoms with Gasteiger partial charge >= 0.3 is 0 Å². The van der Waals surface area contributed by atoms with Crippen LogP contribution in [0.1, 0.15) is 105 Å². The van der Waals surface area contributed by atoms with Gasteiger partial charge in [0, 0.05) is 5.41 Å². The van der Waals surface area contributed by atoms with Gasteiger partial charge in [0.1, 0.15) is 0 Å². The zero-order chi connectivity index (χ0) is 25.7. The molecule has 0 nitrogen and oxygen atoms in total. The van der Waals surface area contributed by atoms with Crippen molar-refractivity contribution in [2.24, 2.45) is 10.8 Å². The molecule has 1 unspecified atom stereocenters. The van der Waals surface area contributed by atoms with E-state index in [1.54, 1.807) is 0 Å². The van der Waals surface area contributed by atoms with Gasteiger partial charge in [-0.3, -0.25) is 0 Å². The molecule has 1 radical (unpaired) electrons. The Balaban J connectivity index is 2.36. The summed E-state index contributed by atoms with van der Waals surface area (Å²) in [6, 6.07) is 18.8. The van der Waals surface area contributed by atoms with Crippen molar-refractivity contribution in [3.63, 3.8) is 0 Å². The minimum absolute atomic E-state index is 0.0183. The summed E-state index contributed by atoms with van der Waals surface area (Å²) in [5, 5.41) is 0. The van der Waals surface area contributed by atoms with Crippen LogP contribution in [0.25, 0.3) is 5.57 Å². The van der Waals surface area contributed by atoms with Gasteiger partial charge in [0.15, 0.2) is 0 Å². The van der Waals surface area contributed by atoms with Crippen LogP contribution in [0.4, 0.5) is 0 Å². The molecule has 0 bridgehead atoms. The van der Waals surface area contributed by atoms with Gasteiger partial charge < -0.3 is 0 Å². The summed E-state index contributed by atoms with van der Waals surface area (Å²) in [6.45, 7) is 27.9. The van der Waals surface area contributed by atoms with Crippen LogP contribution in [0.15, 0.2) is 66.3 Å². The second kappa shape index (κ2) is 8.54. The number of allylic oxidation sites excluding steroid dienone is 4. The van der Waals surface area contributed by atoms with Gasteiger partial charge in [-0.25, -0.2) is 0 Å². The smallest absolute Gasteiger partial charge is 0.0328 e. The molecule has 34 heavy (non-hydrogen) atoms. The van der Waals surface area contributed by atoms with Crippen molar-refractivity contribution >= 4 is 5.57 Å². The van der Waals surface area contributed by atoms with E-state index in [0.717, 1.165) is 0 Å². The van der Waals surface area contributed by atoms with Crippen molar-refractivity contribution in [2.45, 2.75) is 99.3 Å². The Bertz CT molecular complexity index is 1060.